The molecule has 0 bridgehead atoms. The molecule has 0 unspecified atom stereocenters. The molecule has 1 heterocycles. The van der Waals surface area contributed by atoms with Gasteiger partial charge in [0.25, 0.3) is 5.91 Å². The number of carbonyl (C=O) groups excluding carboxylic acids is 3. The second-order valence-corrected chi connectivity index (χ2v) is 6.93. The van der Waals surface area contributed by atoms with E-state index in [4.69, 9.17) is 0 Å². The van der Waals surface area contributed by atoms with Gasteiger partial charge >= 0.3 is 0 Å². The van der Waals surface area contributed by atoms with Crippen LogP contribution in [-0.2, 0) is 16.0 Å². The van der Waals surface area contributed by atoms with Gasteiger partial charge in [-0.3, -0.25) is 14.4 Å². The summed E-state index contributed by atoms with van der Waals surface area (Å²) in [4.78, 5) is 38.3. The van der Waals surface area contributed by atoms with Crippen molar-refractivity contribution in [3.63, 3.8) is 0 Å². The lowest BCUT2D eigenvalue weighted by molar-refractivity contribution is -0.131. The lowest BCUT2D eigenvalue weighted by Gasteiger charge is -2.32. The minimum absolute atomic E-state index is 0.0295. The van der Waals surface area contributed by atoms with Gasteiger partial charge in [0, 0.05) is 24.7 Å². The van der Waals surface area contributed by atoms with Crippen molar-refractivity contribution in [1.82, 2.24) is 15.5 Å². The summed E-state index contributed by atoms with van der Waals surface area (Å²) in [5, 5.41) is 5.57. The largest absolute Gasteiger partial charge is 0.352 e. The summed E-state index contributed by atoms with van der Waals surface area (Å²) in [6.07, 6.45) is 1.85. The van der Waals surface area contributed by atoms with E-state index in [0.29, 0.717) is 25.1 Å². The highest BCUT2D eigenvalue weighted by atomic mass is 16.2. The van der Waals surface area contributed by atoms with Crippen LogP contribution < -0.4 is 10.6 Å². The standard InChI is InChI=1S/C22H25N3O3/c26-20(16-23-22(28)18-9-5-2-6-10-18)24-19-11-13-25(14-12-19)21(27)15-17-7-3-1-4-8-17/h1-10,19H,11-16H2,(H,23,28)(H,24,26). The Morgan fingerprint density at radius 3 is 2.14 bits per heavy atom. The molecule has 0 atom stereocenters. The van der Waals surface area contributed by atoms with E-state index in [1.165, 1.54) is 0 Å². The third kappa shape index (κ3) is 5.67. The summed E-state index contributed by atoms with van der Waals surface area (Å²) in [7, 11) is 0. The number of amides is 3. The first kappa shape index (κ1) is 19.6. The quantitative estimate of drug-likeness (QED) is 0.803. The normalized spacial score (nSPS) is 14.4. The number of rotatable bonds is 6. The maximum Gasteiger partial charge on any atom is 0.251 e. The van der Waals surface area contributed by atoms with Gasteiger partial charge in [-0.2, -0.15) is 0 Å². The molecule has 1 aliphatic rings. The minimum atomic E-state index is -0.267. The van der Waals surface area contributed by atoms with Crippen LogP contribution in [0.5, 0.6) is 0 Å². The van der Waals surface area contributed by atoms with Crippen molar-refractivity contribution in [1.29, 1.82) is 0 Å². The molecule has 6 nitrogen and oxygen atoms in total. The van der Waals surface area contributed by atoms with E-state index in [0.717, 1.165) is 18.4 Å². The number of benzene rings is 2. The highest BCUT2D eigenvalue weighted by molar-refractivity contribution is 5.96. The summed E-state index contributed by atoms with van der Waals surface area (Å²) in [6.45, 7) is 1.21. The minimum Gasteiger partial charge on any atom is -0.352 e. The number of piperidine rings is 1. The number of nitrogens with one attached hydrogen (secondary N) is 2. The molecular formula is C22H25N3O3. The summed E-state index contributed by atoms with van der Waals surface area (Å²) >= 11 is 0. The maximum atomic E-state index is 12.4. The van der Waals surface area contributed by atoms with E-state index in [9.17, 15) is 14.4 Å². The van der Waals surface area contributed by atoms with Crippen molar-refractivity contribution in [2.24, 2.45) is 0 Å². The predicted molar refractivity (Wildman–Crippen MR) is 107 cm³/mol. The topological polar surface area (TPSA) is 78.5 Å². The fraction of sp³-hybridized carbons (Fsp3) is 0.318. The third-order valence-electron chi connectivity index (χ3n) is 4.86. The van der Waals surface area contributed by atoms with Crippen molar-refractivity contribution in [2.75, 3.05) is 19.6 Å². The zero-order valence-corrected chi connectivity index (χ0v) is 15.8. The average molecular weight is 379 g/mol. The molecule has 2 aromatic rings. The average Bonchev–Trinajstić information content (AvgIpc) is 2.74. The molecule has 0 saturated carbocycles. The monoisotopic (exact) mass is 379 g/mol. The van der Waals surface area contributed by atoms with Crippen molar-refractivity contribution >= 4 is 17.7 Å². The van der Waals surface area contributed by atoms with Gasteiger partial charge in [0.05, 0.1) is 13.0 Å². The highest BCUT2D eigenvalue weighted by Crippen LogP contribution is 2.12. The molecule has 1 aliphatic heterocycles. The van der Waals surface area contributed by atoms with Crippen LogP contribution in [0.3, 0.4) is 0 Å². The molecule has 2 aromatic carbocycles. The van der Waals surface area contributed by atoms with Gasteiger partial charge in [-0.15, -0.1) is 0 Å². The number of hydrogen-bond acceptors (Lipinski definition) is 3. The fourth-order valence-corrected chi connectivity index (χ4v) is 3.29. The molecule has 0 aromatic heterocycles. The summed E-state index contributed by atoms with van der Waals surface area (Å²) in [6, 6.07) is 18.5. The number of nitrogens with zero attached hydrogens (tertiary/aromatic N) is 1. The van der Waals surface area contributed by atoms with Crippen LogP contribution in [-0.4, -0.2) is 48.3 Å². The molecule has 6 heteroatoms. The second-order valence-electron chi connectivity index (χ2n) is 6.93. The Bertz CT molecular complexity index is 800. The third-order valence-corrected chi connectivity index (χ3v) is 4.86. The van der Waals surface area contributed by atoms with Gasteiger partial charge in [0.15, 0.2) is 0 Å². The summed E-state index contributed by atoms with van der Waals surface area (Å²) < 4.78 is 0. The Labute approximate surface area is 164 Å². The van der Waals surface area contributed by atoms with E-state index in [1.807, 2.05) is 41.3 Å². The molecule has 1 fully saturated rings. The van der Waals surface area contributed by atoms with Crippen LogP contribution in [0.4, 0.5) is 0 Å². The van der Waals surface area contributed by atoms with Crippen LogP contribution in [0, 0.1) is 0 Å². The molecule has 3 rings (SSSR count). The highest BCUT2D eigenvalue weighted by Gasteiger charge is 2.23. The maximum absolute atomic E-state index is 12.4. The van der Waals surface area contributed by atoms with Crippen LogP contribution >= 0.6 is 0 Å². The Kier molecular flexibility index (Phi) is 6.78. The van der Waals surface area contributed by atoms with Crippen LogP contribution in [0.2, 0.25) is 0 Å². The molecule has 3 amide bonds. The van der Waals surface area contributed by atoms with Crippen LogP contribution in [0.25, 0.3) is 0 Å². The van der Waals surface area contributed by atoms with Crippen molar-refractivity contribution in [3.05, 3.63) is 71.8 Å². The lowest BCUT2D eigenvalue weighted by atomic mass is 10.0. The Balaban J connectivity index is 1.37. The Morgan fingerprint density at radius 2 is 1.50 bits per heavy atom. The van der Waals surface area contributed by atoms with Gasteiger partial charge in [-0.25, -0.2) is 0 Å². The van der Waals surface area contributed by atoms with E-state index < -0.39 is 0 Å². The Morgan fingerprint density at radius 1 is 0.893 bits per heavy atom. The van der Waals surface area contributed by atoms with E-state index >= 15 is 0 Å². The van der Waals surface area contributed by atoms with Crippen LogP contribution in [0.1, 0.15) is 28.8 Å². The van der Waals surface area contributed by atoms with Gasteiger partial charge < -0.3 is 15.5 Å². The van der Waals surface area contributed by atoms with Crippen LogP contribution in [0.15, 0.2) is 60.7 Å². The SMILES string of the molecule is O=C(CNC(=O)c1ccccc1)NC1CCN(C(=O)Cc2ccccc2)CC1. The molecule has 2 N–H and O–H groups in total. The smallest absolute Gasteiger partial charge is 0.251 e. The first-order valence-corrected chi connectivity index (χ1v) is 9.56. The first-order valence-electron chi connectivity index (χ1n) is 9.56. The molecule has 1 saturated heterocycles. The number of likely N-dealkylation sites (tertiary alicyclic amines) is 1. The molecule has 0 spiro atoms. The molecule has 146 valence electrons. The zero-order valence-electron chi connectivity index (χ0n) is 15.8. The predicted octanol–water partition coefficient (Wildman–Crippen LogP) is 1.77. The zero-order chi connectivity index (χ0) is 19.8. The van der Waals surface area contributed by atoms with Gasteiger partial charge in [0.2, 0.25) is 11.8 Å². The number of hydrogen-bond donors (Lipinski definition) is 2. The lowest BCUT2D eigenvalue weighted by Crippen LogP contribution is -2.49. The van der Waals surface area contributed by atoms with Crippen molar-refractivity contribution < 1.29 is 14.4 Å². The molecular weight excluding hydrogens is 354 g/mol. The van der Waals surface area contributed by atoms with Gasteiger partial charge in [0.1, 0.15) is 0 Å². The summed E-state index contributed by atoms with van der Waals surface area (Å²) in [5.74, 6) is -0.360. The second kappa shape index (κ2) is 9.69. The van der Waals surface area contributed by atoms with Crippen molar-refractivity contribution in [3.8, 4) is 0 Å². The fourth-order valence-electron chi connectivity index (χ4n) is 3.29. The van der Waals surface area contributed by atoms with E-state index in [2.05, 4.69) is 10.6 Å². The van der Waals surface area contributed by atoms with Gasteiger partial charge in [-0.1, -0.05) is 48.5 Å². The van der Waals surface area contributed by atoms with Crippen molar-refractivity contribution in [2.45, 2.75) is 25.3 Å². The molecule has 0 radical (unpaired) electrons. The molecule has 0 aliphatic carbocycles. The van der Waals surface area contributed by atoms with E-state index in [1.54, 1.807) is 24.3 Å². The number of carbonyl (C=O) groups is 3. The van der Waals surface area contributed by atoms with Gasteiger partial charge in [-0.05, 0) is 30.5 Å². The summed E-state index contributed by atoms with van der Waals surface area (Å²) in [5.41, 5.74) is 1.54. The Hall–Kier alpha value is -3.15. The first-order chi connectivity index (χ1) is 13.6. The van der Waals surface area contributed by atoms with E-state index in [-0.39, 0.29) is 30.3 Å². The molecule has 28 heavy (non-hydrogen) atoms.